The largest absolute Gasteiger partial charge is 0.367 e. The summed E-state index contributed by atoms with van der Waals surface area (Å²) >= 11 is 0. The van der Waals surface area contributed by atoms with E-state index in [9.17, 15) is 8.78 Å². The van der Waals surface area contributed by atoms with E-state index in [2.05, 4.69) is 36.4 Å². The maximum absolute atomic E-state index is 12.9. The van der Waals surface area contributed by atoms with Crippen molar-refractivity contribution in [2.75, 3.05) is 6.61 Å². The molecule has 0 spiro atoms. The Hall–Kier alpha value is -1.48. The van der Waals surface area contributed by atoms with E-state index in [-0.39, 0.29) is 11.8 Å². The third-order valence-corrected chi connectivity index (χ3v) is 5.47. The van der Waals surface area contributed by atoms with Crippen LogP contribution in [0.25, 0.3) is 0 Å². The molecule has 1 nitrogen and oxygen atoms in total. The normalized spacial score (nSPS) is 33.1. The SMILES string of the molecule is CCOC1([C@H]2CC[C@H](C(F)F)CC2)C=CC(c2ccccc2)C=C1. The predicted molar refractivity (Wildman–Crippen MR) is 93.3 cm³/mol. The van der Waals surface area contributed by atoms with Gasteiger partial charge in [-0.15, -0.1) is 0 Å². The van der Waals surface area contributed by atoms with Crippen molar-refractivity contribution in [1.82, 2.24) is 0 Å². The fourth-order valence-electron chi connectivity index (χ4n) is 4.08. The van der Waals surface area contributed by atoms with E-state index in [1.165, 1.54) is 5.56 Å². The molecule has 24 heavy (non-hydrogen) atoms. The molecular formula is C21H26F2O. The molecule has 2 aliphatic carbocycles. The average molecular weight is 332 g/mol. The van der Waals surface area contributed by atoms with E-state index in [0.29, 0.717) is 19.4 Å². The van der Waals surface area contributed by atoms with Crippen molar-refractivity contribution in [2.45, 2.75) is 50.6 Å². The molecule has 1 aromatic rings. The van der Waals surface area contributed by atoms with E-state index in [1.54, 1.807) is 0 Å². The number of hydrogen-bond acceptors (Lipinski definition) is 1. The Labute approximate surface area is 143 Å². The molecule has 0 heterocycles. The highest BCUT2D eigenvalue weighted by molar-refractivity contribution is 5.36. The van der Waals surface area contributed by atoms with Crippen LogP contribution in [0.4, 0.5) is 8.78 Å². The Morgan fingerprint density at radius 1 is 1.04 bits per heavy atom. The number of benzene rings is 1. The smallest absolute Gasteiger partial charge is 0.241 e. The van der Waals surface area contributed by atoms with Crippen LogP contribution < -0.4 is 0 Å². The lowest BCUT2D eigenvalue weighted by molar-refractivity contribution is -0.0388. The molecule has 0 unspecified atom stereocenters. The van der Waals surface area contributed by atoms with Crippen LogP contribution in [0.15, 0.2) is 54.6 Å². The van der Waals surface area contributed by atoms with E-state index in [0.717, 1.165) is 12.8 Å². The highest BCUT2D eigenvalue weighted by atomic mass is 19.3. The van der Waals surface area contributed by atoms with Gasteiger partial charge in [0, 0.05) is 18.4 Å². The minimum Gasteiger partial charge on any atom is -0.367 e. The molecule has 0 amide bonds. The zero-order chi connectivity index (χ0) is 17.0. The number of hydrogen-bond donors (Lipinski definition) is 0. The van der Waals surface area contributed by atoms with E-state index in [4.69, 9.17) is 4.74 Å². The van der Waals surface area contributed by atoms with Crippen molar-refractivity contribution in [3.05, 3.63) is 60.2 Å². The first kappa shape index (κ1) is 17.3. The standard InChI is InChI=1S/C21H26F2O/c1-2-24-21(19-10-8-18(9-11-19)20(22)23)14-12-17(13-15-21)16-6-4-3-5-7-16/h3-7,12-15,17-20H,2,8-11H2,1H3/t17?,18-,19-,21?. The molecule has 0 atom stereocenters. The van der Waals surface area contributed by atoms with Gasteiger partial charge in [-0.25, -0.2) is 8.78 Å². The number of alkyl halides is 2. The lowest BCUT2D eigenvalue weighted by Crippen LogP contribution is -2.41. The predicted octanol–water partition coefficient (Wildman–Crippen LogP) is 5.74. The van der Waals surface area contributed by atoms with Gasteiger partial charge in [0.1, 0.15) is 5.60 Å². The van der Waals surface area contributed by atoms with Gasteiger partial charge in [-0.2, -0.15) is 0 Å². The van der Waals surface area contributed by atoms with Gasteiger partial charge < -0.3 is 4.74 Å². The highest BCUT2D eigenvalue weighted by Gasteiger charge is 2.40. The Bertz CT molecular complexity index is 557. The summed E-state index contributed by atoms with van der Waals surface area (Å²) < 4.78 is 32.0. The zero-order valence-corrected chi connectivity index (χ0v) is 14.2. The van der Waals surface area contributed by atoms with Gasteiger partial charge in [0.15, 0.2) is 0 Å². The van der Waals surface area contributed by atoms with Gasteiger partial charge in [-0.1, -0.05) is 54.6 Å². The van der Waals surface area contributed by atoms with Crippen LogP contribution >= 0.6 is 0 Å². The van der Waals surface area contributed by atoms with Crippen LogP contribution in [-0.2, 0) is 4.74 Å². The third kappa shape index (κ3) is 3.61. The van der Waals surface area contributed by atoms with Crippen molar-refractivity contribution >= 4 is 0 Å². The Balaban J connectivity index is 1.73. The minimum atomic E-state index is -2.19. The second kappa shape index (κ2) is 7.60. The Kier molecular flexibility index (Phi) is 5.50. The molecule has 3 heteroatoms. The van der Waals surface area contributed by atoms with Gasteiger partial charge in [-0.3, -0.25) is 0 Å². The van der Waals surface area contributed by atoms with Crippen LogP contribution in [0, 0.1) is 11.8 Å². The van der Waals surface area contributed by atoms with E-state index < -0.39 is 17.9 Å². The summed E-state index contributed by atoms with van der Waals surface area (Å²) in [4.78, 5) is 0. The molecular weight excluding hydrogens is 306 g/mol. The minimum absolute atomic E-state index is 0.261. The van der Waals surface area contributed by atoms with Crippen LogP contribution in [0.2, 0.25) is 0 Å². The summed E-state index contributed by atoms with van der Waals surface area (Å²) in [7, 11) is 0. The Morgan fingerprint density at radius 3 is 2.21 bits per heavy atom. The van der Waals surface area contributed by atoms with Gasteiger partial charge >= 0.3 is 0 Å². The summed E-state index contributed by atoms with van der Waals surface area (Å²) in [6.07, 6.45) is 9.35. The van der Waals surface area contributed by atoms with Gasteiger partial charge in [0.25, 0.3) is 0 Å². The molecule has 0 saturated heterocycles. The fraction of sp³-hybridized carbons (Fsp3) is 0.524. The maximum atomic E-state index is 12.9. The number of ether oxygens (including phenoxy) is 1. The molecule has 1 fully saturated rings. The lowest BCUT2D eigenvalue weighted by atomic mass is 9.71. The fourth-order valence-corrected chi connectivity index (χ4v) is 4.08. The van der Waals surface area contributed by atoms with E-state index in [1.807, 2.05) is 25.1 Å². The summed E-state index contributed by atoms with van der Waals surface area (Å²) in [5.41, 5.74) is 0.837. The van der Waals surface area contributed by atoms with Crippen LogP contribution in [0.3, 0.4) is 0 Å². The second-order valence-corrected chi connectivity index (χ2v) is 6.89. The molecule has 0 radical (unpaired) electrons. The second-order valence-electron chi connectivity index (χ2n) is 6.89. The molecule has 0 aliphatic heterocycles. The molecule has 2 aliphatic rings. The summed E-state index contributed by atoms with van der Waals surface area (Å²) in [5, 5.41) is 0. The maximum Gasteiger partial charge on any atom is 0.241 e. The van der Waals surface area contributed by atoms with Crippen molar-refractivity contribution in [2.24, 2.45) is 11.8 Å². The molecule has 3 rings (SSSR count). The van der Waals surface area contributed by atoms with Crippen molar-refractivity contribution in [1.29, 1.82) is 0 Å². The molecule has 0 bridgehead atoms. The van der Waals surface area contributed by atoms with Crippen molar-refractivity contribution in [3.63, 3.8) is 0 Å². The first-order valence-electron chi connectivity index (χ1n) is 9.00. The molecule has 130 valence electrons. The van der Waals surface area contributed by atoms with Gasteiger partial charge in [-0.05, 0) is 44.1 Å². The first-order valence-corrected chi connectivity index (χ1v) is 9.00. The van der Waals surface area contributed by atoms with Crippen molar-refractivity contribution in [3.8, 4) is 0 Å². The number of halogens is 2. The first-order chi connectivity index (χ1) is 11.6. The lowest BCUT2D eigenvalue weighted by Gasteiger charge is -2.41. The zero-order valence-electron chi connectivity index (χ0n) is 14.2. The van der Waals surface area contributed by atoms with Crippen LogP contribution in [-0.4, -0.2) is 18.6 Å². The van der Waals surface area contributed by atoms with Crippen LogP contribution in [0.5, 0.6) is 0 Å². The topological polar surface area (TPSA) is 9.23 Å². The quantitative estimate of drug-likeness (QED) is 0.624. The van der Waals surface area contributed by atoms with Gasteiger partial charge in [0.2, 0.25) is 6.43 Å². The monoisotopic (exact) mass is 332 g/mol. The highest BCUT2D eigenvalue weighted by Crippen LogP contribution is 2.43. The molecule has 1 aromatic carbocycles. The van der Waals surface area contributed by atoms with Crippen LogP contribution in [0.1, 0.15) is 44.1 Å². The Morgan fingerprint density at radius 2 is 1.67 bits per heavy atom. The summed E-state index contributed by atoms with van der Waals surface area (Å²) in [6.45, 7) is 2.62. The molecule has 0 aromatic heterocycles. The molecule has 1 saturated carbocycles. The number of allylic oxidation sites excluding steroid dienone is 2. The van der Waals surface area contributed by atoms with E-state index >= 15 is 0 Å². The van der Waals surface area contributed by atoms with Crippen molar-refractivity contribution < 1.29 is 13.5 Å². The van der Waals surface area contributed by atoms with Gasteiger partial charge in [0.05, 0.1) is 0 Å². The summed E-state index contributed by atoms with van der Waals surface area (Å²) in [6, 6.07) is 10.4. The third-order valence-electron chi connectivity index (χ3n) is 5.47. The summed E-state index contributed by atoms with van der Waals surface area (Å²) in [5.74, 6) is 0.113. The average Bonchev–Trinajstić information content (AvgIpc) is 2.63. The molecule has 0 N–H and O–H groups in total. The number of rotatable bonds is 5.